The summed E-state index contributed by atoms with van der Waals surface area (Å²) in [5.74, 6) is -0.995. The van der Waals surface area contributed by atoms with E-state index in [2.05, 4.69) is 74.6 Å². The van der Waals surface area contributed by atoms with Gasteiger partial charge in [0.15, 0.2) is 18.7 Å². The molecule has 2 rings (SSSR count). The van der Waals surface area contributed by atoms with Crippen molar-refractivity contribution in [2.75, 3.05) is 26.4 Å². The number of carbonyl (C=O) groups is 2. The molecule has 0 aliphatic carbocycles. The molecular weight excluding hydrogens is 792 g/mol. The van der Waals surface area contributed by atoms with Crippen LogP contribution < -0.4 is 0 Å². The minimum Gasteiger partial charge on any atom is -0.462 e. The maximum absolute atomic E-state index is 12.9. The Bertz CT molecular complexity index is 1300. The summed E-state index contributed by atoms with van der Waals surface area (Å²) in [7, 11) is 0. The van der Waals surface area contributed by atoms with E-state index in [0.29, 0.717) is 12.8 Å². The number of allylic oxidation sites excluding steroid dienone is 10. The molecule has 2 heterocycles. The first-order valence-electron chi connectivity index (χ1n) is 22.4. The molecule has 7 N–H and O–H groups in total. The largest absolute Gasteiger partial charge is 0.462 e. The second-order valence-corrected chi connectivity index (χ2v) is 15.5. The standard InChI is InChI=1S/C46H76O15/c1-3-5-7-9-11-13-15-16-17-18-19-21-23-25-27-29-38(49)59-34(31-56-37(48)28-26-24-22-20-14-12-10-8-6-4-2)32-57-45-44(55)42(53)40(51)36(61-45)33-58-46-43(54)41(52)39(50)35(30-47)60-46/h5,7-8,10-11,13,16-17,19,21,34-36,39-47,50-55H,3-4,6,9,12,14-15,18,20,22-33H2,1-2H3/b7-5-,10-8-,13-11-,17-16-,21-19-. The van der Waals surface area contributed by atoms with Gasteiger partial charge in [0.05, 0.1) is 19.8 Å². The molecule has 61 heavy (non-hydrogen) atoms. The van der Waals surface area contributed by atoms with Crippen LogP contribution in [0.1, 0.15) is 123 Å². The average Bonchev–Trinajstić information content (AvgIpc) is 3.25. The lowest BCUT2D eigenvalue weighted by molar-refractivity contribution is -0.332. The van der Waals surface area contributed by atoms with Crippen molar-refractivity contribution in [3.05, 3.63) is 60.8 Å². The van der Waals surface area contributed by atoms with Gasteiger partial charge in [-0.05, 0) is 70.6 Å². The fourth-order valence-electron chi connectivity index (χ4n) is 6.50. The number of aliphatic hydroxyl groups excluding tert-OH is 7. The summed E-state index contributed by atoms with van der Waals surface area (Å²) in [6.45, 7) is 2.31. The molecule has 0 aromatic rings. The maximum atomic E-state index is 12.9. The van der Waals surface area contributed by atoms with E-state index >= 15 is 0 Å². The Morgan fingerprint density at radius 2 is 1.03 bits per heavy atom. The number of ether oxygens (including phenoxy) is 6. The van der Waals surface area contributed by atoms with Crippen LogP contribution in [0.15, 0.2) is 60.8 Å². The molecule has 15 heteroatoms. The molecule has 0 aromatic heterocycles. The molecule has 0 aromatic carbocycles. The van der Waals surface area contributed by atoms with Gasteiger partial charge in [-0.3, -0.25) is 9.59 Å². The highest BCUT2D eigenvalue weighted by Gasteiger charge is 2.47. The number of unbranched alkanes of at least 4 members (excludes halogenated alkanes) is 8. The number of rotatable bonds is 32. The Morgan fingerprint density at radius 3 is 1.67 bits per heavy atom. The molecule has 2 aliphatic rings. The van der Waals surface area contributed by atoms with Crippen LogP contribution in [0.3, 0.4) is 0 Å². The predicted octanol–water partition coefficient (Wildman–Crippen LogP) is 4.53. The van der Waals surface area contributed by atoms with Crippen molar-refractivity contribution < 1.29 is 73.8 Å². The van der Waals surface area contributed by atoms with Crippen LogP contribution in [0.4, 0.5) is 0 Å². The number of hydrogen-bond acceptors (Lipinski definition) is 15. The first-order valence-corrected chi connectivity index (χ1v) is 22.4. The summed E-state index contributed by atoms with van der Waals surface area (Å²) < 4.78 is 33.3. The molecule has 11 atom stereocenters. The topological polar surface area (TPSA) is 231 Å². The normalized spacial score (nSPS) is 27.9. The van der Waals surface area contributed by atoms with Gasteiger partial charge in [-0.1, -0.05) is 100 Å². The zero-order chi connectivity index (χ0) is 44.7. The Morgan fingerprint density at radius 1 is 0.541 bits per heavy atom. The van der Waals surface area contributed by atoms with Crippen LogP contribution >= 0.6 is 0 Å². The highest BCUT2D eigenvalue weighted by atomic mass is 16.7. The number of aliphatic hydroxyl groups is 7. The zero-order valence-electron chi connectivity index (χ0n) is 36.4. The van der Waals surface area contributed by atoms with Crippen LogP contribution in [-0.2, 0) is 38.0 Å². The zero-order valence-corrected chi connectivity index (χ0v) is 36.4. The fourth-order valence-corrected chi connectivity index (χ4v) is 6.50. The van der Waals surface area contributed by atoms with E-state index in [1.807, 2.05) is 0 Å². The molecule has 2 saturated heterocycles. The molecule has 0 saturated carbocycles. The van der Waals surface area contributed by atoms with Crippen molar-refractivity contribution in [3.8, 4) is 0 Å². The third-order valence-electron chi connectivity index (χ3n) is 10.2. The summed E-state index contributed by atoms with van der Waals surface area (Å²) in [5, 5.41) is 71.8. The van der Waals surface area contributed by atoms with Gasteiger partial charge in [-0.2, -0.15) is 0 Å². The Kier molecular flexibility index (Phi) is 30.0. The minimum absolute atomic E-state index is 0.108. The molecule has 0 amide bonds. The van der Waals surface area contributed by atoms with Gasteiger partial charge in [0.1, 0.15) is 55.4 Å². The SMILES string of the molecule is CC/C=C\C/C=C\C/C=C\C/C=C\CCCCC(=O)OC(COC(=O)CCCCCCC/C=C\CCC)COC1OC(COC2OC(CO)C(O)C(O)C2O)C(O)C(O)C1O. The van der Waals surface area contributed by atoms with E-state index in [-0.39, 0.29) is 19.4 Å². The highest BCUT2D eigenvalue weighted by Crippen LogP contribution is 2.26. The molecule has 15 nitrogen and oxygen atoms in total. The van der Waals surface area contributed by atoms with E-state index in [1.54, 1.807) is 0 Å². The van der Waals surface area contributed by atoms with Crippen LogP contribution in [0.2, 0.25) is 0 Å². The predicted molar refractivity (Wildman–Crippen MR) is 229 cm³/mol. The average molecular weight is 869 g/mol. The molecule has 2 fully saturated rings. The summed E-state index contributed by atoms with van der Waals surface area (Å²) in [6, 6.07) is 0. The lowest BCUT2D eigenvalue weighted by Crippen LogP contribution is -2.61. The molecule has 2 aliphatic heterocycles. The second-order valence-electron chi connectivity index (χ2n) is 15.5. The van der Waals surface area contributed by atoms with Crippen molar-refractivity contribution >= 4 is 11.9 Å². The fraction of sp³-hybridized carbons (Fsp3) is 0.739. The molecular formula is C46H76O15. The van der Waals surface area contributed by atoms with Gasteiger partial charge in [0.2, 0.25) is 0 Å². The van der Waals surface area contributed by atoms with E-state index < -0.39 is 99.3 Å². The lowest BCUT2D eigenvalue weighted by Gasteiger charge is -2.42. The number of esters is 2. The third kappa shape index (κ3) is 22.9. The first kappa shape index (κ1) is 54.3. The highest BCUT2D eigenvalue weighted by molar-refractivity contribution is 5.70. The number of carbonyl (C=O) groups excluding carboxylic acids is 2. The molecule has 0 radical (unpaired) electrons. The Balaban J connectivity index is 1.89. The van der Waals surface area contributed by atoms with Gasteiger partial charge in [-0.15, -0.1) is 0 Å². The van der Waals surface area contributed by atoms with Crippen molar-refractivity contribution in [2.45, 2.75) is 191 Å². The summed E-state index contributed by atoms with van der Waals surface area (Å²) in [6.07, 6.45) is 18.5. The van der Waals surface area contributed by atoms with Crippen molar-refractivity contribution in [3.63, 3.8) is 0 Å². The van der Waals surface area contributed by atoms with Gasteiger partial charge >= 0.3 is 11.9 Å². The first-order chi connectivity index (χ1) is 29.5. The number of hydrogen-bond donors (Lipinski definition) is 7. The van der Waals surface area contributed by atoms with Gasteiger partial charge in [0, 0.05) is 12.8 Å². The Hall–Kier alpha value is -2.80. The van der Waals surface area contributed by atoms with E-state index in [4.69, 9.17) is 28.4 Å². The maximum Gasteiger partial charge on any atom is 0.306 e. The van der Waals surface area contributed by atoms with Crippen LogP contribution in [0.25, 0.3) is 0 Å². The van der Waals surface area contributed by atoms with Gasteiger partial charge in [0.25, 0.3) is 0 Å². The molecule has 0 spiro atoms. The van der Waals surface area contributed by atoms with Crippen LogP contribution in [0.5, 0.6) is 0 Å². The third-order valence-corrected chi connectivity index (χ3v) is 10.2. The molecule has 11 unspecified atom stereocenters. The lowest BCUT2D eigenvalue weighted by atomic mass is 9.98. The van der Waals surface area contributed by atoms with E-state index in [1.165, 1.54) is 0 Å². The molecule has 0 bridgehead atoms. The second kappa shape index (κ2) is 33.7. The van der Waals surface area contributed by atoms with E-state index in [0.717, 1.165) is 83.5 Å². The van der Waals surface area contributed by atoms with Crippen molar-refractivity contribution in [2.24, 2.45) is 0 Å². The van der Waals surface area contributed by atoms with Crippen molar-refractivity contribution in [1.29, 1.82) is 0 Å². The summed E-state index contributed by atoms with van der Waals surface area (Å²) in [5.41, 5.74) is 0. The van der Waals surface area contributed by atoms with Crippen LogP contribution in [0, 0.1) is 0 Å². The summed E-state index contributed by atoms with van der Waals surface area (Å²) >= 11 is 0. The van der Waals surface area contributed by atoms with Gasteiger partial charge in [-0.25, -0.2) is 0 Å². The minimum atomic E-state index is -1.77. The Labute approximate surface area is 362 Å². The van der Waals surface area contributed by atoms with Crippen molar-refractivity contribution in [1.82, 2.24) is 0 Å². The molecule has 350 valence electrons. The quantitative estimate of drug-likeness (QED) is 0.0280. The smallest absolute Gasteiger partial charge is 0.306 e. The van der Waals surface area contributed by atoms with Gasteiger partial charge < -0.3 is 64.2 Å². The monoisotopic (exact) mass is 869 g/mol. The van der Waals surface area contributed by atoms with E-state index in [9.17, 15) is 45.3 Å². The van der Waals surface area contributed by atoms with Crippen LogP contribution in [-0.4, -0.2) is 142 Å². The summed E-state index contributed by atoms with van der Waals surface area (Å²) in [4.78, 5) is 25.5.